The first kappa shape index (κ1) is 32.3. The molecule has 2 atom stereocenters. The predicted octanol–water partition coefficient (Wildman–Crippen LogP) is 7.81. The third-order valence-electron chi connectivity index (χ3n) is 6.21. The Morgan fingerprint density at radius 1 is 0.667 bits per heavy atom. The van der Waals surface area contributed by atoms with E-state index in [1.807, 2.05) is 6.92 Å². The van der Waals surface area contributed by atoms with E-state index in [1.165, 1.54) is 77.0 Å². The van der Waals surface area contributed by atoms with Gasteiger partial charge in [-0.3, -0.25) is 4.55 Å². The largest absolute Gasteiger partial charge is 0.463 e. The van der Waals surface area contributed by atoms with Crippen molar-refractivity contribution in [3.63, 3.8) is 0 Å². The van der Waals surface area contributed by atoms with Crippen LogP contribution in [0.3, 0.4) is 0 Å². The Bertz CT molecular complexity index is 549. The lowest BCUT2D eigenvalue weighted by molar-refractivity contribution is -0.154. The van der Waals surface area contributed by atoms with E-state index < -0.39 is 22.5 Å². The highest BCUT2D eigenvalue weighted by Gasteiger charge is 2.26. The highest BCUT2D eigenvalue weighted by molar-refractivity contribution is 7.80. The van der Waals surface area contributed by atoms with Crippen LogP contribution in [0.5, 0.6) is 0 Å². The molecule has 2 unspecified atom stereocenters. The molecule has 0 saturated carbocycles. The van der Waals surface area contributed by atoms with Crippen molar-refractivity contribution in [1.82, 2.24) is 0 Å². The van der Waals surface area contributed by atoms with Gasteiger partial charge in [0.15, 0.2) is 6.10 Å². The van der Waals surface area contributed by atoms with E-state index in [0.29, 0.717) is 13.0 Å². The number of unbranched alkanes of at least 4 members (excludes halogenated alkanes) is 13. The van der Waals surface area contributed by atoms with Gasteiger partial charge in [-0.05, 0) is 25.2 Å². The van der Waals surface area contributed by atoms with Gasteiger partial charge in [0.25, 0.3) is 0 Å². The SMILES string of the molecule is CCCCCCCCCCC(CCCCCCCC)COC(=O)C(CCCC)OS(=O)(=O)O. The number of hydrogen-bond donors (Lipinski definition) is 1. The molecular formula is C26H52O6S. The summed E-state index contributed by atoms with van der Waals surface area (Å²) in [6, 6.07) is 0. The molecule has 0 fully saturated rings. The van der Waals surface area contributed by atoms with E-state index in [9.17, 15) is 13.2 Å². The monoisotopic (exact) mass is 492 g/mol. The Balaban J connectivity index is 4.52. The molecule has 7 heteroatoms. The molecular weight excluding hydrogens is 440 g/mol. The number of carbonyl (C=O) groups is 1. The molecule has 6 nitrogen and oxygen atoms in total. The van der Waals surface area contributed by atoms with E-state index in [1.54, 1.807) is 0 Å². The van der Waals surface area contributed by atoms with Crippen LogP contribution in [0.1, 0.15) is 143 Å². The zero-order valence-corrected chi connectivity index (χ0v) is 22.5. The maximum atomic E-state index is 12.5. The highest BCUT2D eigenvalue weighted by atomic mass is 32.3. The number of carbonyl (C=O) groups excluding carboxylic acids is 1. The standard InChI is InChI=1S/C26H52O6S/c1-4-7-10-12-14-15-17-19-21-24(20-18-16-13-11-8-5-2)23-31-26(27)25(22-9-6-3)32-33(28,29)30/h24-25H,4-23H2,1-3H3,(H,28,29,30). The van der Waals surface area contributed by atoms with Gasteiger partial charge in [0.2, 0.25) is 0 Å². The maximum Gasteiger partial charge on any atom is 0.398 e. The summed E-state index contributed by atoms with van der Waals surface area (Å²) in [6.45, 7) is 6.68. The molecule has 0 bridgehead atoms. The fourth-order valence-corrected chi connectivity index (χ4v) is 4.59. The summed E-state index contributed by atoms with van der Waals surface area (Å²) < 4.78 is 41.3. The molecule has 0 aliphatic rings. The van der Waals surface area contributed by atoms with Crippen molar-refractivity contribution in [2.24, 2.45) is 5.92 Å². The van der Waals surface area contributed by atoms with E-state index in [-0.39, 0.29) is 12.3 Å². The Morgan fingerprint density at radius 3 is 1.52 bits per heavy atom. The Morgan fingerprint density at radius 2 is 1.09 bits per heavy atom. The van der Waals surface area contributed by atoms with Crippen molar-refractivity contribution < 1.29 is 26.7 Å². The first-order chi connectivity index (χ1) is 15.8. The Labute approximate surface area is 204 Å². The van der Waals surface area contributed by atoms with Crippen LogP contribution in [0.2, 0.25) is 0 Å². The van der Waals surface area contributed by atoms with Gasteiger partial charge < -0.3 is 4.74 Å². The number of rotatable bonds is 24. The lowest BCUT2D eigenvalue weighted by atomic mass is 9.94. The summed E-state index contributed by atoms with van der Waals surface area (Å²) in [5, 5.41) is 0. The summed E-state index contributed by atoms with van der Waals surface area (Å²) in [4.78, 5) is 12.5. The van der Waals surface area contributed by atoms with Crippen LogP contribution >= 0.6 is 0 Å². The summed E-state index contributed by atoms with van der Waals surface area (Å²) in [7, 11) is -4.69. The molecule has 0 heterocycles. The Hall–Kier alpha value is -0.660. The van der Waals surface area contributed by atoms with E-state index in [2.05, 4.69) is 18.0 Å². The van der Waals surface area contributed by atoms with Gasteiger partial charge in [-0.15, -0.1) is 0 Å². The van der Waals surface area contributed by atoms with Crippen LogP contribution in [0, 0.1) is 5.92 Å². The van der Waals surface area contributed by atoms with Crippen LogP contribution < -0.4 is 0 Å². The fraction of sp³-hybridized carbons (Fsp3) is 0.962. The van der Waals surface area contributed by atoms with Crippen LogP contribution in [0.15, 0.2) is 0 Å². The lowest BCUT2D eigenvalue weighted by Crippen LogP contribution is -2.30. The quantitative estimate of drug-likeness (QED) is 0.0839. The van der Waals surface area contributed by atoms with Gasteiger partial charge in [-0.2, -0.15) is 8.42 Å². The summed E-state index contributed by atoms with van der Waals surface area (Å²) in [5.74, 6) is -0.400. The van der Waals surface area contributed by atoms with Crippen molar-refractivity contribution >= 4 is 16.4 Å². The van der Waals surface area contributed by atoms with Crippen molar-refractivity contribution in [1.29, 1.82) is 0 Å². The zero-order valence-electron chi connectivity index (χ0n) is 21.7. The minimum atomic E-state index is -4.69. The molecule has 0 aliphatic heterocycles. The molecule has 0 saturated heterocycles. The lowest BCUT2D eigenvalue weighted by Gasteiger charge is -2.20. The van der Waals surface area contributed by atoms with E-state index >= 15 is 0 Å². The van der Waals surface area contributed by atoms with Crippen LogP contribution in [-0.2, 0) is 24.1 Å². The molecule has 0 aromatic heterocycles. The first-order valence-corrected chi connectivity index (χ1v) is 15.0. The van der Waals surface area contributed by atoms with E-state index in [0.717, 1.165) is 32.1 Å². The molecule has 0 amide bonds. The van der Waals surface area contributed by atoms with Gasteiger partial charge in [-0.25, -0.2) is 8.98 Å². The number of ether oxygens (including phenoxy) is 1. The van der Waals surface area contributed by atoms with Crippen LogP contribution in [0.4, 0.5) is 0 Å². The summed E-state index contributed by atoms with van der Waals surface area (Å²) in [5.41, 5.74) is 0. The summed E-state index contributed by atoms with van der Waals surface area (Å²) >= 11 is 0. The first-order valence-electron chi connectivity index (χ1n) is 13.7. The number of esters is 1. The van der Waals surface area contributed by atoms with E-state index in [4.69, 9.17) is 9.29 Å². The second-order valence-corrected chi connectivity index (χ2v) is 10.5. The third kappa shape index (κ3) is 21.6. The molecule has 1 N–H and O–H groups in total. The molecule has 33 heavy (non-hydrogen) atoms. The summed E-state index contributed by atoms with van der Waals surface area (Å²) in [6.07, 6.45) is 19.9. The topological polar surface area (TPSA) is 89.9 Å². The smallest absolute Gasteiger partial charge is 0.398 e. The minimum Gasteiger partial charge on any atom is -0.463 e. The second kappa shape index (κ2) is 21.8. The Kier molecular flexibility index (Phi) is 21.4. The van der Waals surface area contributed by atoms with Crippen molar-refractivity contribution in [2.75, 3.05) is 6.61 Å². The van der Waals surface area contributed by atoms with Crippen LogP contribution in [-0.4, -0.2) is 31.7 Å². The van der Waals surface area contributed by atoms with Gasteiger partial charge in [0.05, 0.1) is 6.61 Å². The highest BCUT2D eigenvalue weighted by Crippen LogP contribution is 2.21. The van der Waals surface area contributed by atoms with Gasteiger partial charge in [0, 0.05) is 0 Å². The van der Waals surface area contributed by atoms with Gasteiger partial charge >= 0.3 is 16.4 Å². The van der Waals surface area contributed by atoms with Crippen molar-refractivity contribution in [3.8, 4) is 0 Å². The van der Waals surface area contributed by atoms with Gasteiger partial charge in [0.1, 0.15) is 0 Å². The molecule has 0 aromatic rings. The zero-order chi connectivity index (χ0) is 24.8. The fourth-order valence-electron chi connectivity index (χ4n) is 4.13. The number of hydrogen-bond acceptors (Lipinski definition) is 5. The normalized spacial score (nSPS) is 13.7. The average molecular weight is 493 g/mol. The van der Waals surface area contributed by atoms with Crippen LogP contribution in [0.25, 0.3) is 0 Å². The molecule has 0 spiro atoms. The maximum absolute atomic E-state index is 12.5. The minimum absolute atomic E-state index is 0.218. The molecule has 0 rings (SSSR count). The molecule has 0 radical (unpaired) electrons. The predicted molar refractivity (Wildman–Crippen MR) is 136 cm³/mol. The molecule has 0 aromatic carbocycles. The molecule has 0 aliphatic carbocycles. The third-order valence-corrected chi connectivity index (χ3v) is 6.69. The van der Waals surface area contributed by atoms with Crippen molar-refractivity contribution in [2.45, 2.75) is 149 Å². The van der Waals surface area contributed by atoms with Crippen molar-refractivity contribution in [3.05, 3.63) is 0 Å². The molecule has 198 valence electrons. The van der Waals surface area contributed by atoms with Gasteiger partial charge in [-0.1, -0.05) is 124 Å². The average Bonchev–Trinajstić information content (AvgIpc) is 2.77. The second-order valence-electron chi connectivity index (χ2n) is 9.47.